The lowest BCUT2D eigenvalue weighted by atomic mass is 9.74. The van der Waals surface area contributed by atoms with Gasteiger partial charge in [0.25, 0.3) is 5.56 Å². The number of nitrogens with zero attached hydrogens (tertiary/aromatic N) is 2. The van der Waals surface area contributed by atoms with E-state index in [2.05, 4.69) is 5.32 Å². The molecule has 4 aliphatic rings. The highest BCUT2D eigenvalue weighted by Gasteiger charge is 2.64. The van der Waals surface area contributed by atoms with Crippen molar-refractivity contribution >= 4 is 23.2 Å². The quantitative estimate of drug-likeness (QED) is 0.763. The maximum atomic E-state index is 13.3. The number of hydrogen-bond donors (Lipinski definition) is 2. The molecule has 4 aliphatic carbocycles. The van der Waals surface area contributed by atoms with E-state index in [1.165, 1.54) is 4.57 Å². The minimum absolute atomic E-state index is 0.00146. The molecule has 1 aromatic heterocycles. The van der Waals surface area contributed by atoms with Crippen molar-refractivity contribution in [2.75, 3.05) is 11.1 Å². The van der Waals surface area contributed by atoms with Gasteiger partial charge in [0, 0.05) is 24.9 Å². The van der Waals surface area contributed by atoms with Gasteiger partial charge in [0.15, 0.2) is 0 Å². The normalized spacial score (nSPS) is 30.2. The third kappa shape index (κ3) is 2.49. The highest BCUT2D eigenvalue weighted by molar-refractivity contribution is 6.01. The molecule has 1 aromatic rings. The van der Waals surface area contributed by atoms with Crippen molar-refractivity contribution in [3.63, 3.8) is 0 Å². The summed E-state index contributed by atoms with van der Waals surface area (Å²) in [6.45, 7) is 4.46. The summed E-state index contributed by atoms with van der Waals surface area (Å²) in [5.74, 6) is 0.253. The van der Waals surface area contributed by atoms with E-state index in [1.54, 1.807) is 0 Å². The fourth-order valence-electron chi connectivity index (χ4n) is 5.77. The fraction of sp³-hybridized carbons (Fsp3) is 0.700. The van der Waals surface area contributed by atoms with Crippen LogP contribution in [0.2, 0.25) is 0 Å². The van der Waals surface area contributed by atoms with Gasteiger partial charge in [0.1, 0.15) is 17.3 Å². The first-order valence-corrected chi connectivity index (χ1v) is 10.3. The average Bonchev–Trinajstić information content (AvgIpc) is 3.14. The number of Topliss-reactive ketones (excluding diaryl/α,β-unsaturated/α-hetero) is 1. The second-order valence-electron chi connectivity index (χ2n) is 8.63. The molecule has 5 rings (SSSR count). The fourth-order valence-corrected chi connectivity index (χ4v) is 5.77. The van der Waals surface area contributed by atoms with Crippen molar-refractivity contribution < 1.29 is 9.59 Å². The first kappa shape index (κ1) is 19.0. The molecule has 152 valence electrons. The highest BCUT2D eigenvalue weighted by atomic mass is 16.2. The van der Waals surface area contributed by atoms with Crippen molar-refractivity contribution in [3.8, 4) is 0 Å². The van der Waals surface area contributed by atoms with Gasteiger partial charge in [-0.2, -0.15) is 0 Å². The zero-order chi connectivity index (χ0) is 20.2. The van der Waals surface area contributed by atoms with Crippen LogP contribution in [-0.4, -0.2) is 20.8 Å². The molecule has 4 bridgehead atoms. The second-order valence-corrected chi connectivity index (χ2v) is 8.63. The molecule has 1 heterocycles. The standard InChI is InChI=1S/C20H28N4O4/c1-3-5-23-16(21)14(17(26)24(6-4-2)19(23)28)22-18(27)20-9-11-7-13(20)8-12(10-20)15(11)25/h11-13H,3-10,21H2,1-2H3,(H,22,27). The van der Waals surface area contributed by atoms with Crippen molar-refractivity contribution in [3.05, 3.63) is 20.8 Å². The van der Waals surface area contributed by atoms with Crippen LogP contribution >= 0.6 is 0 Å². The van der Waals surface area contributed by atoms with Gasteiger partial charge in [-0.25, -0.2) is 4.79 Å². The number of carbonyl (C=O) groups excluding carboxylic acids is 2. The Morgan fingerprint density at radius 3 is 2.21 bits per heavy atom. The molecule has 0 aromatic carbocycles. The van der Waals surface area contributed by atoms with Crippen LogP contribution < -0.4 is 22.3 Å². The number of ketones is 1. The number of nitrogen functional groups attached to an aromatic ring is 1. The Morgan fingerprint density at radius 1 is 1.07 bits per heavy atom. The Morgan fingerprint density at radius 2 is 1.64 bits per heavy atom. The first-order valence-electron chi connectivity index (χ1n) is 10.3. The van der Waals surface area contributed by atoms with Gasteiger partial charge < -0.3 is 11.1 Å². The number of rotatable bonds is 6. The number of nitrogens with one attached hydrogen (secondary N) is 1. The van der Waals surface area contributed by atoms with Crippen molar-refractivity contribution in [2.24, 2.45) is 23.2 Å². The predicted octanol–water partition coefficient (Wildman–Crippen LogP) is 1.36. The Balaban J connectivity index is 1.72. The molecule has 1 amide bonds. The summed E-state index contributed by atoms with van der Waals surface area (Å²) in [5, 5.41) is 2.80. The number of aromatic nitrogens is 2. The number of amides is 1. The monoisotopic (exact) mass is 388 g/mol. The van der Waals surface area contributed by atoms with Crippen molar-refractivity contribution in [2.45, 2.75) is 65.5 Å². The van der Waals surface area contributed by atoms with E-state index >= 15 is 0 Å². The molecule has 0 aliphatic heterocycles. The Hall–Kier alpha value is -2.38. The van der Waals surface area contributed by atoms with Crippen molar-refractivity contribution in [1.29, 1.82) is 0 Å². The predicted molar refractivity (Wildman–Crippen MR) is 105 cm³/mol. The van der Waals surface area contributed by atoms with Gasteiger partial charge in [0.2, 0.25) is 5.91 Å². The lowest BCUT2D eigenvalue weighted by Crippen LogP contribution is -2.45. The largest absolute Gasteiger partial charge is 0.383 e. The molecule has 0 saturated heterocycles. The maximum absolute atomic E-state index is 13.3. The first-order chi connectivity index (χ1) is 13.3. The highest BCUT2D eigenvalue weighted by Crippen LogP contribution is 2.64. The summed E-state index contributed by atoms with van der Waals surface area (Å²) in [6, 6.07) is 0. The maximum Gasteiger partial charge on any atom is 0.332 e. The number of carbonyl (C=O) groups is 2. The molecular weight excluding hydrogens is 360 g/mol. The number of nitrogens with two attached hydrogens (primary N) is 1. The minimum atomic E-state index is -0.580. The summed E-state index contributed by atoms with van der Waals surface area (Å²) < 4.78 is 2.52. The van der Waals surface area contributed by atoms with Gasteiger partial charge in [-0.15, -0.1) is 0 Å². The average molecular weight is 388 g/mol. The third-order valence-electron chi connectivity index (χ3n) is 7.00. The van der Waals surface area contributed by atoms with Gasteiger partial charge in [0.05, 0.1) is 5.41 Å². The van der Waals surface area contributed by atoms with E-state index < -0.39 is 16.7 Å². The summed E-state index contributed by atoms with van der Waals surface area (Å²) in [4.78, 5) is 51.2. The van der Waals surface area contributed by atoms with E-state index in [-0.39, 0.29) is 41.7 Å². The van der Waals surface area contributed by atoms with E-state index in [9.17, 15) is 19.2 Å². The molecule has 0 radical (unpaired) electrons. The Labute approximate surface area is 163 Å². The molecular formula is C20H28N4O4. The lowest BCUT2D eigenvalue weighted by Gasteiger charge is -2.31. The molecule has 3 N–H and O–H groups in total. The van der Waals surface area contributed by atoms with Crippen LogP contribution in [0.1, 0.15) is 52.4 Å². The van der Waals surface area contributed by atoms with Crippen molar-refractivity contribution in [1.82, 2.24) is 9.13 Å². The number of anilines is 2. The van der Waals surface area contributed by atoms with E-state index in [0.29, 0.717) is 38.0 Å². The summed E-state index contributed by atoms with van der Waals surface area (Å²) in [5.41, 5.74) is 4.59. The van der Waals surface area contributed by atoms with Gasteiger partial charge in [-0.05, 0) is 44.4 Å². The van der Waals surface area contributed by atoms with Crippen LogP contribution in [0.5, 0.6) is 0 Å². The third-order valence-corrected chi connectivity index (χ3v) is 7.00. The number of hydrogen-bond acceptors (Lipinski definition) is 5. The summed E-state index contributed by atoms with van der Waals surface area (Å²) >= 11 is 0. The minimum Gasteiger partial charge on any atom is -0.383 e. The molecule has 28 heavy (non-hydrogen) atoms. The van der Waals surface area contributed by atoms with Gasteiger partial charge in [-0.3, -0.25) is 23.5 Å². The van der Waals surface area contributed by atoms with E-state index in [0.717, 1.165) is 17.4 Å². The van der Waals surface area contributed by atoms with Gasteiger partial charge >= 0.3 is 5.69 Å². The smallest absolute Gasteiger partial charge is 0.332 e. The van der Waals surface area contributed by atoms with Crippen LogP contribution in [0, 0.1) is 23.2 Å². The summed E-state index contributed by atoms with van der Waals surface area (Å²) in [7, 11) is 0. The second kappa shape index (κ2) is 6.60. The molecule has 2 unspecified atom stereocenters. The van der Waals surface area contributed by atoms with Crippen LogP contribution in [0.25, 0.3) is 0 Å². The molecule has 8 heteroatoms. The van der Waals surface area contributed by atoms with Gasteiger partial charge in [-0.1, -0.05) is 13.8 Å². The van der Waals surface area contributed by atoms with Crippen LogP contribution in [0.4, 0.5) is 11.5 Å². The Kier molecular flexibility index (Phi) is 4.47. The zero-order valence-electron chi connectivity index (χ0n) is 16.5. The van der Waals surface area contributed by atoms with Crippen LogP contribution in [0.15, 0.2) is 9.59 Å². The van der Waals surface area contributed by atoms with Crippen LogP contribution in [0.3, 0.4) is 0 Å². The molecule has 2 atom stereocenters. The summed E-state index contributed by atoms with van der Waals surface area (Å²) in [6.07, 6.45) is 3.98. The molecule has 4 fully saturated rings. The van der Waals surface area contributed by atoms with E-state index in [1.807, 2.05) is 13.8 Å². The van der Waals surface area contributed by atoms with E-state index in [4.69, 9.17) is 5.73 Å². The SMILES string of the molecule is CCCn1c(N)c(NC(=O)C23CC4CC2CC(C3)C4=O)c(=O)n(CCC)c1=O. The van der Waals surface area contributed by atoms with Crippen LogP contribution in [-0.2, 0) is 22.7 Å². The zero-order valence-corrected chi connectivity index (χ0v) is 16.5. The molecule has 0 spiro atoms. The molecule has 8 nitrogen and oxygen atoms in total. The topological polar surface area (TPSA) is 116 Å². The lowest BCUT2D eigenvalue weighted by molar-refractivity contribution is -0.132. The Bertz CT molecular complexity index is 942. The molecule has 4 saturated carbocycles.